The van der Waals surface area contributed by atoms with E-state index >= 15 is 0 Å². The quantitative estimate of drug-likeness (QED) is 0.504. The maximum absolute atomic E-state index is 13.3. The third-order valence-electron chi connectivity index (χ3n) is 5.69. The molecule has 1 saturated heterocycles. The van der Waals surface area contributed by atoms with E-state index in [9.17, 15) is 14.4 Å². The number of nitrogens with one attached hydrogen (secondary N) is 2. The molecule has 0 aromatic heterocycles. The van der Waals surface area contributed by atoms with Crippen LogP contribution in [0.2, 0.25) is 5.02 Å². The number of carbonyl (C=O) groups excluding carboxylic acids is 3. The molecule has 2 aromatic rings. The van der Waals surface area contributed by atoms with Crippen molar-refractivity contribution in [2.75, 3.05) is 5.32 Å². The summed E-state index contributed by atoms with van der Waals surface area (Å²) in [6.07, 6.45) is -0.249. The zero-order chi connectivity index (χ0) is 24.8. The van der Waals surface area contributed by atoms with Gasteiger partial charge in [-0.05, 0) is 54.7 Å². The fourth-order valence-electron chi connectivity index (χ4n) is 3.85. The minimum absolute atomic E-state index is 0.0569. The van der Waals surface area contributed by atoms with E-state index in [1.54, 1.807) is 42.5 Å². The maximum atomic E-state index is 13.3. The lowest BCUT2D eigenvalue weighted by molar-refractivity contribution is -0.127. The van der Waals surface area contributed by atoms with Gasteiger partial charge in [-0.1, -0.05) is 56.6 Å². The van der Waals surface area contributed by atoms with Gasteiger partial charge in [0.2, 0.25) is 11.8 Å². The van der Waals surface area contributed by atoms with Gasteiger partial charge in [-0.2, -0.15) is 0 Å². The van der Waals surface area contributed by atoms with Crippen molar-refractivity contribution in [2.45, 2.75) is 65.3 Å². The lowest BCUT2D eigenvalue weighted by Crippen LogP contribution is -2.48. The lowest BCUT2D eigenvalue weighted by atomic mass is 9.99. The van der Waals surface area contributed by atoms with Crippen molar-refractivity contribution in [1.29, 1.82) is 0 Å². The Labute approximate surface area is 205 Å². The Morgan fingerprint density at radius 1 is 1.12 bits per heavy atom. The average molecular weight is 486 g/mol. The van der Waals surface area contributed by atoms with E-state index < -0.39 is 18.2 Å². The Balaban J connectivity index is 1.90. The molecule has 182 valence electrons. The van der Waals surface area contributed by atoms with E-state index in [2.05, 4.69) is 10.6 Å². The van der Waals surface area contributed by atoms with Crippen molar-refractivity contribution >= 4 is 35.2 Å². The first-order valence-electron chi connectivity index (χ1n) is 11.6. The molecule has 34 heavy (non-hydrogen) atoms. The predicted octanol–water partition coefficient (Wildman–Crippen LogP) is 5.30. The van der Waals surface area contributed by atoms with Crippen LogP contribution in [0.3, 0.4) is 0 Å². The number of hydrogen-bond acceptors (Lipinski definition) is 4. The third-order valence-corrected chi connectivity index (χ3v) is 5.92. The molecule has 3 rings (SSSR count). The summed E-state index contributed by atoms with van der Waals surface area (Å²) in [6.45, 7) is 8.02. The molecule has 0 radical (unpaired) electrons. The number of amides is 3. The molecular weight excluding hydrogens is 454 g/mol. The molecule has 1 heterocycles. The van der Waals surface area contributed by atoms with Crippen LogP contribution in [0.5, 0.6) is 0 Å². The van der Waals surface area contributed by atoms with Crippen LogP contribution >= 0.6 is 11.6 Å². The number of rotatable bonds is 9. The van der Waals surface area contributed by atoms with E-state index in [1.807, 2.05) is 33.8 Å². The van der Waals surface area contributed by atoms with Gasteiger partial charge in [-0.25, -0.2) is 4.79 Å². The summed E-state index contributed by atoms with van der Waals surface area (Å²) >= 11 is 6.12. The Morgan fingerprint density at radius 2 is 1.85 bits per heavy atom. The highest BCUT2D eigenvalue weighted by Crippen LogP contribution is 2.35. The molecule has 0 saturated carbocycles. The molecule has 1 aliphatic rings. The Bertz CT molecular complexity index is 1040. The van der Waals surface area contributed by atoms with Gasteiger partial charge >= 0.3 is 6.09 Å². The molecule has 2 N–H and O–H groups in total. The summed E-state index contributed by atoms with van der Waals surface area (Å²) in [4.78, 5) is 39.9. The number of nitrogens with zero attached hydrogens (tertiary/aromatic N) is 1. The highest BCUT2D eigenvalue weighted by atomic mass is 35.5. The van der Waals surface area contributed by atoms with Crippen molar-refractivity contribution in [3.8, 4) is 0 Å². The first kappa shape index (κ1) is 25.6. The Morgan fingerprint density at radius 3 is 2.53 bits per heavy atom. The van der Waals surface area contributed by atoms with Gasteiger partial charge in [0, 0.05) is 23.2 Å². The van der Waals surface area contributed by atoms with E-state index in [0.717, 1.165) is 12.0 Å². The van der Waals surface area contributed by atoms with Crippen molar-refractivity contribution in [3.63, 3.8) is 0 Å². The number of carbonyl (C=O) groups is 3. The van der Waals surface area contributed by atoms with Crippen LogP contribution in [0.25, 0.3) is 0 Å². The first-order chi connectivity index (χ1) is 16.2. The monoisotopic (exact) mass is 485 g/mol. The maximum Gasteiger partial charge on any atom is 0.411 e. The lowest BCUT2D eigenvalue weighted by Gasteiger charge is -2.26. The Hall–Kier alpha value is -3.06. The second kappa shape index (κ2) is 11.4. The zero-order valence-electron chi connectivity index (χ0n) is 20.0. The van der Waals surface area contributed by atoms with Crippen molar-refractivity contribution < 1.29 is 19.1 Å². The molecule has 0 spiro atoms. The molecule has 3 amide bonds. The summed E-state index contributed by atoms with van der Waals surface area (Å²) in [5.74, 6) is -0.154. The second-order valence-corrected chi connectivity index (χ2v) is 9.53. The van der Waals surface area contributed by atoms with Crippen molar-refractivity contribution in [2.24, 2.45) is 5.92 Å². The molecule has 7 nitrogen and oxygen atoms in total. The van der Waals surface area contributed by atoms with Gasteiger partial charge in [0.25, 0.3) is 0 Å². The van der Waals surface area contributed by atoms with Crippen LogP contribution in [-0.4, -0.2) is 34.9 Å². The summed E-state index contributed by atoms with van der Waals surface area (Å²) in [5.41, 5.74) is 2.02. The number of ether oxygens (including phenoxy) is 1. The van der Waals surface area contributed by atoms with E-state index in [1.165, 1.54) is 4.90 Å². The molecule has 1 aliphatic heterocycles. The van der Waals surface area contributed by atoms with Crippen molar-refractivity contribution in [1.82, 2.24) is 10.2 Å². The summed E-state index contributed by atoms with van der Waals surface area (Å²) in [5, 5.41) is 6.41. The molecule has 3 atom stereocenters. The van der Waals surface area contributed by atoms with Crippen LogP contribution in [0.15, 0.2) is 48.5 Å². The second-order valence-electron chi connectivity index (χ2n) is 9.10. The van der Waals surface area contributed by atoms with Gasteiger partial charge in [0.05, 0.1) is 6.54 Å². The van der Waals surface area contributed by atoms with Crippen molar-refractivity contribution in [3.05, 3.63) is 64.7 Å². The molecular formula is C26H32ClN3O4. The molecule has 1 fully saturated rings. The van der Waals surface area contributed by atoms with Crippen LogP contribution in [-0.2, 0) is 20.9 Å². The molecule has 8 heteroatoms. The molecule has 3 unspecified atom stereocenters. The predicted molar refractivity (Wildman–Crippen MR) is 132 cm³/mol. The van der Waals surface area contributed by atoms with E-state index in [-0.39, 0.29) is 30.3 Å². The average Bonchev–Trinajstić information content (AvgIpc) is 3.09. The molecule has 2 aromatic carbocycles. The first-order valence-corrected chi connectivity index (χ1v) is 12.0. The van der Waals surface area contributed by atoms with Crippen LogP contribution in [0, 0.1) is 5.92 Å². The van der Waals surface area contributed by atoms with E-state index in [0.29, 0.717) is 22.7 Å². The highest BCUT2D eigenvalue weighted by molar-refractivity contribution is 6.30. The molecule has 0 aliphatic carbocycles. The number of anilines is 1. The number of benzene rings is 2. The van der Waals surface area contributed by atoms with Gasteiger partial charge < -0.3 is 15.4 Å². The van der Waals surface area contributed by atoms with Crippen LogP contribution < -0.4 is 10.6 Å². The highest BCUT2D eigenvalue weighted by Gasteiger charge is 2.47. The smallest absolute Gasteiger partial charge is 0.411 e. The number of cyclic esters (lactones) is 1. The molecule has 0 bridgehead atoms. The Kier molecular flexibility index (Phi) is 8.56. The minimum Gasteiger partial charge on any atom is -0.438 e. The van der Waals surface area contributed by atoms with Gasteiger partial charge in [0.1, 0.15) is 0 Å². The van der Waals surface area contributed by atoms with Crippen LogP contribution in [0.4, 0.5) is 10.5 Å². The zero-order valence-corrected chi connectivity index (χ0v) is 20.8. The van der Waals surface area contributed by atoms with Gasteiger partial charge in [-0.3, -0.25) is 14.5 Å². The third kappa shape index (κ3) is 6.50. The fraction of sp³-hybridized carbons (Fsp3) is 0.423. The largest absolute Gasteiger partial charge is 0.438 e. The number of halogens is 1. The van der Waals surface area contributed by atoms with E-state index in [4.69, 9.17) is 16.3 Å². The van der Waals surface area contributed by atoms with Gasteiger partial charge in [0.15, 0.2) is 12.1 Å². The standard InChI is InChI=1S/C26H32ClN3O4/c1-5-17(4)28-25(32)23-24(19-9-7-11-21(14-19)29-22(31)12-16(2)3)34-26(33)30(23)15-18-8-6-10-20(27)13-18/h6-11,13-14,16-17,23-24H,5,12,15H2,1-4H3,(H,28,32)(H,29,31). The summed E-state index contributed by atoms with van der Waals surface area (Å²) in [6, 6.07) is 13.3. The minimum atomic E-state index is -0.873. The normalized spacial score (nSPS) is 18.5. The summed E-state index contributed by atoms with van der Waals surface area (Å²) < 4.78 is 5.72. The number of hydrogen-bond donors (Lipinski definition) is 2. The topological polar surface area (TPSA) is 87.7 Å². The van der Waals surface area contributed by atoms with Gasteiger partial charge in [-0.15, -0.1) is 0 Å². The summed E-state index contributed by atoms with van der Waals surface area (Å²) in [7, 11) is 0. The van der Waals surface area contributed by atoms with Crippen LogP contribution in [0.1, 0.15) is 57.8 Å². The SMILES string of the molecule is CCC(C)NC(=O)C1C(c2cccc(NC(=O)CC(C)C)c2)OC(=O)N1Cc1cccc(Cl)c1. The fourth-order valence-corrected chi connectivity index (χ4v) is 4.06.